The zero-order chi connectivity index (χ0) is 11.2. The van der Waals surface area contributed by atoms with Gasteiger partial charge in [-0.1, -0.05) is 19.8 Å². The van der Waals surface area contributed by atoms with Crippen LogP contribution in [0.4, 0.5) is 0 Å². The highest BCUT2D eigenvalue weighted by Gasteiger charge is 2.24. The summed E-state index contributed by atoms with van der Waals surface area (Å²) in [5, 5.41) is 3.63. The van der Waals surface area contributed by atoms with Crippen LogP contribution in [0.1, 0.15) is 51.9 Å². The van der Waals surface area contributed by atoms with Crippen LogP contribution in [0, 0.1) is 11.8 Å². The van der Waals surface area contributed by atoms with E-state index in [1.54, 1.807) is 0 Å². The van der Waals surface area contributed by atoms with Crippen LogP contribution in [0.15, 0.2) is 0 Å². The topological polar surface area (TPSA) is 21.3 Å². The standard InChI is InChI=1S/C14H27NO/c1-2-15-14-5-3-4-13(11-14)10-12-6-8-16-9-7-12/h12-15H,2-11H2,1H3. The van der Waals surface area contributed by atoms with Crippen molar-refractivity contribution in [2.75, 3.05) is 19.8 Å². The summed E-state index contributed by atoms with van der Waals surface area (Å²) in [6.07, 6.45) is 9.81. The Kier molecular flexibility index (Phi) is 5.11. The Hall–Kier alpha value is -0.0800. The molecule has 0 radical (unpaired) electrons. The van der Waals surface area contributed by atoms with Gasteiger partial charge in [-0.05, 0) is 50.5 Å². The molecule has 0 amide bonds. The third-order valence-electron chi connectivity index (χ3n) is 4.28. The molecule has 2 atom stereocenters. The minimum absolute atomic E-state index is 0.809. The van der Waals surface area contributed by atoms with Gasteiger partial charge in [-0.15, -0.1) is 0 Å². The van der Waals surface area contributed by atoms with Crippen molar-refractivity contribution in [1.29, 1.82) is 0 Å². The van der Waals surface area contributed by atoms with Crippen molar-refractivity contribution >= 4 is 0 Å². The predicted octanol–water partition coefficient (Wildman–Crippen LogP) is 2.97. The zero-order valence-electron chi connectivity index (χ0n) is 10.7. The number of nitrogens with one attached hydrogen (secondary N) is 1. The highest BCUT2D eigenvalue weighted by atomic mass is 16.5. The molecule has 0 aromatic carbocycles. The van der Waals surface area contributed by atoms with E-state index in [4.69, 9.17) is 4.74 Å². The van der Waals surface area contributed by atoms with E-state index in [-0.39, 0.29) is 0 Å². The molecule has 2 aliphatic rings. The van der Waals surface area contributed by atoms with Gasteiger partial charge in [0.1, 0.15) is 0 Å². The summed E-state index contributed by atoms with van der Waals surface area (Å²) in [4.78, 5) is 0. The van der Waals surface area contributed by atoms with Crippen LogP contribution in [-0.4, -0.2) is 25.8 Å². The second-order valence-electron chi connectivity index (χ2n) is 5.58. The average molecular weight is 225 g/mol. The molecule has 0 spiro atoms. The first-order chi connectivity index (χ1) is 7.88. The lowest BCUT2D eigenvalue weighted by Crippen LogP contribution is -2.34. The first kappa shape index (κ1) is 12.4. The van der Waals surface area contributed by atoms with Gasteiger partial charge in [0.15, 0.2) is 0 Å². The van der Waals surface area contributed by atoms with Crippen molar-refractivity contribution < 1.29 is 4.74 Å². The molecule has 2 unspecified atom stereocenters. The summed E-state index contributed by atoms with van der Waals surface area (Å²) in [7, 11) is 0. The molecule has 0 bridgehead atoms. The molecule has 1 N–H and O–H groups in total. The van der Waals surface area contributed by atoms with Gasteiger partial charge in [-0.3, -0.25) is 0 Å². The minimum atomic E-state index is 0.809. The SMILES string of the molecule is CCNC1CCCC(CC2CCOCC2)C1. The number of hydrogen-bond donors (Lipinski definition) is 1. The third-order valence-corrected chi connectivity index (χ3v) is 4.28. The quantitative estimate of drug-likeness (QED) is 0.794. The van der Waals surface area contributed by atoms with Gasteiger partial charge in [0.2, 0.25) is 0 Å². The smallest absolute Gasteiger partial charge is 0.0468 e. The van der Waals surface area contributed by atoms with Gasteiger partial charge in [-0.25, -0.2) is 0 Å². The van der Waals surface area contributed by atoms with E-state index < -0.39 is 0 Å². The lowest BCUT2D eigenvalue weighted by atomic mass is 9.78. The summed E-state index contributed by atoms with van der Waals surface area (Å²) in [5.41, 5.74) is 0. The van der Waals surface area contributed by atoms with Crippen LogP contribution in [-0.2, 0) is 4.74 Å². The number of ether oxygens (including phenoxy) is 1. The highest BCUT2D eigenvalue weighted by Crippen LogP contribution is 2.32. The molecule has 1 saturated heterocycles. The summed E-state index contributed by atoms with van der Waals surface area (Å²) < 4.78 is 5.44. The van der Waals surface area contributed by atoms with E-state index in [2.05, 4.69) is 12.2 Å². The van der Waals surface area contributed by atoms with Gasteiger partial charge in [0.25, 0.3) is 0 Å². The fraction of sp³-hybridized carbons (Fsp3) is 1.00. The van der Waals surface area contributed by atoms with Crippen LogP contribution < -0.4 is 5.32 Å². The first-order valence-electron chi connectivity index (χ1n) is 7.19. The maximum atomic E-state index is 5.44. The Balaban J connectivity index is 1.71. The molecule has 1 aliphatic carbocycles. The monoisotopic (exact) mass is 225 g/mol. The van der Waals surface area contributed by atoms with E-state index in [1.807, 2.05) is 0 Å². The molecule has 94 valence electrons. The maximum absolute atomic E-state index is 5.44. The van der Waals surface area contributed by atoms with E-state index in [0.717, 1.165) is 37.6 Å². The van der Waals surface area contributed by atoms with Gasteiger partial charge in [-0.2, -0.15) is 0 Å². The second kappa shape index (κ2) is 6.61. The molecule has 1 saturated carbocycles. The molecule has 2 nitrogen and oxygen atoms in total. The lowest BCUT2D eigenvalue weighted by Gasteiger charge is -2.33. The Morgan fingerprint density at radius 1 is 1.06 bits per heavy atom. The normalized spacial score (nSPS) is 32.8. The van der Waals surface area contributed by atoms with Crippen LogP contribution in [0.25, 0.3) is 0 Å². The minimum Gasteiger partial charge on any atom is -0.381 e. The van der Waals surface area contributed by atoms with Crippen molar-refractivity contribution in [3.05, 3.63) is 0 Å². The van der Waals surface area contributed by atoms with Crippen LogP contribution in [0.5, 0.6) is 0 Å². The highest BCUT2D eigenvalue weighted by molar-refractivity contribution is 4.79. The van der Waals surface area contributed by atoms with Gasteiger partial charge >= 0.3 is 0 Å². The summed E-state index contributed by atoms with van der Waals surface area (Å²) in [6.45, 7) is 5.37. The second-order valence-corrected chi connectivity index (χ2v) is 5.58. The van der Waals surface area contributed by atoms with Gasteiger partial charge < -0.3 is 10.1 Å². The van der Waals surface area contributed by atoms with Gasteiger partial charge in [0.05, 0.1) is 0 Å². The van der Waals surface area contributed by atoms with Crippen molar-refractivity contribution in [3.63, 3.8) is 0 Å². The Morgan fingerprint density at radius 3 is 2.62 bits per heavy atom. The van der Waals surface area contributed by atoms with E-state index in [9.17, 15) is 0 Å². The molecule has 2 heteroatoms. The Bertz CT molecular complexity index is 187. The van der Waals surface area contributed by atoms with Crippen molar-refractivity contribution in [1.82, 2.24) is 5.32 Å². The predicted molar refractivity (Wildman–Crippen MR) is 67.6 cm³/mol. The molecule has 0 aromatic rings. The van der Waals surface area contributed by atoms with Crippen molar-refractivity contribution in [3.8, 4) is 0 Å². The number of hydrogen-bond acceptors (Lipinski definition) is 2. The average Bonchev–Trinajstić information content (AvgIpc) is 2.31. The molecular formula is C14H27NO. The van der Waals surface area contributed by atoms with E-state index >= 15 is 0 Å². The Morgan fingerprint density at radius 2 is 1.88 bits per heavy atom. The summed E-state index contributed by atoms with van der Waals surface area (Å²) in [5.74, 6) is 1.94. The summed E-state index contributed by atoms with van der Waals surface area (Å²) >= 11 is 0. The molecule has 16 heavy (non-hydrogen) atoms. The zero-order valence-corrected chi connectivity index (χ0v) is 10.7. The molecular weight excluding hydrogens is 198 g/mol. The molecule has 0 aromatic heterocycles. The maximum Gasteiger partial charge on any atom is 0.0468 e. The van der Waals surface area contributed by atoms with Crippen LogP contribution >= 0.6 is 0 Å². The molecule has 1 aliphatic heterocycles. The fourth-order valence-corrected chi connectivity index (χ4v) is 3.43. The van der Waals surface area contributed by atoms with Crippen molar-refractivity contribution in [2.45, 2.75) is 57.9 Å². The largest absolute Gasteiger partial charge is 0.381 e. The third kappa shape index (κ3) is 3.74. The van der Waals surface area contributed by atoms with E-state index in [0.29, 0.717) is 0 Å². The van der Waals surface area contributed by atoms with Crippen molar-refractivity contribution in [2.24, 2.45) is 11.8 Å². The lowest BCUT2D eigenvalue weighted by molar-refractivity contribution is 0.0552. The fourth-order valence-electron chi connectivity index (χ4n) is 3.43. The molecule has 2 fully saturated rings. The van der Waals surface area contributed by atoms with Gasteiger partial charge in [0, 0.05) is 19.3 Å². The first-order valence-corrected chi connectivity index (χ1v) is 7.19. The van der Waals surface area contributed by atoms with Crippen LogP contribution in [0.3, 0.4) is 0 Å². The molecule has 1 heterocycles. The Labute approximate surface area is 100 Å². The molecule has 2 rings (SSSR count). The summed E-state index contributed by atoms with van der Waals surface area (Å²) in [6, 6.07) is 0.809. The number of rotatable bonds is 4. The van der Waals surface area contributed by atoms with Crippen LogP contribution in [0.2, 0.25) is 0 Å². The van der Waals surface area contributed by atoms with E-state index in [1.165, 1.54) is 44.9 Å².